The Bertz CT molecular complexity index is 261. The highest BCUT2D eigenvalue weighted by Crippen LogP contribution is 2.14. The molecular formula is C9H12F3NO2. The summed E-state index contributed by atoms with van der Waals surface area (Å²) in [6.07, 6.45) is -1.64. The van der Waals surface area contributed by atoms with Crippen molar-refractivity contribution in [1.82, 2.24) is 5.32 Å². The van der Waals surface area contributed by atoms with Crippen molar-refractivity contribution in [1.29, 1.82) is 0 Å². The van der Waals surface area contributed by atoms with Crippen molar-refractivity contribution in [2.24, 2.45) is 0 Å². The average Bonchev–Trinajstić information content (AvgIpc) is 2.17. The quantitative estimate of drug-likeness (QED) is 0.783. The van der Waals surface area contributed by atoms with Gasteiger partial charge in [0.25, 0.3) is 0 Å². The first-order chi connectivity index (χ1) is 6.99. The lowest BCUT2D eigenvalue weighted by Crippen LogP contribution is -2.33. The van der Waals surface area contributed by atoms with Crippen LogP contribution in [0.5, 0.6) is 0 Å². The van der Waals surface area contributed by atoms with Gasteiger partial charge in [-0.25, -0.2) is 0 Å². The van der Waals surface area contributed by atoms with Gasteiger partial charge in [0.05, 0.1) is 26.0 Å². The van der Waals surface area contributed by atoms with Crippen molar-refractivity contribution >= 4 is 5.78 Å². The highest BCUT2D eigenvalue weighted by atomic mass is 19.4. The zero-order chi connectivity index (χ0) is 11.3. The van der Waals surface area contributed by atoms with Crippen LogP contribution in [0.2, 0.25) is 0 Å². The summed E-state index contributed by atoms with van der Waals surface area (Å²) in [7, 11) is 0. The van der Waals surface area contributed by atoms with E-state index in [0.717, 1.165) is 6.42 Å². The molecule has 1 aliphatic rings. The Kier molecular flexibility index (Phi) is 4.14. The molecule has 86 valence electrons. The van der Waals surface area contributed by atoms with Gasteiger partial charge >= 0.3 is 6.18 Å². The average molecular weight is 223 g/mol. The van der Waals surface area contributed by atoms with Crippen molar-refractivity contribution in [2.75, 3.05) is 19.7 Å². The van der Waals surface area contributed by atoms with Crippen LogP contribution in [0.3, 0.4) is 0 Å². The van der Waals surface area contributed by atoms with Crippen molar-refractivity contribution in [3.8, 4) is 0 Å². The van der Waals surface area contributed by atoms with Gasteiger partial charge in [0.2, 0.25) is 0 Å². The largest absolute Gasteiger partial charge is 0.501 e. The molecule has 0 atom stereocenters. The van der Waals surface area contributed by atoms with Crippen molar-refractivity contribution < 1.29 is 22.7 Å². The van der Waals surface area contributed by atoms with E-state index >= 15 is 0 Å². The summed E-state index contributed by atoms with van der Waals surface area (Å²) >= 11 is 0. The summed E-state index contributed by atoms with van der Waals surface area (Å²) in [6.45, 7) is -0.881. The molecule has 0 bridgehead atoms. The van der Waals surface area contributed by atoms with E-state index in [-0.39, 0.29) is 12.3 Å². The lowest BCUT2D eigenvalue weighted by molar-refractivity contribution is -0.126. The van der Waals surface area contributed by atoms with E-state index in [2.05, 4.69) is 5.32 Å². The molecule has 0 saturated carbocycles. The maximum absolute atomic E-state index is 11.7. The van der Waals surface area contributed by atoms with Gasteiger partial charge in [-0.3, -0.25) is 4.79 Å². The number of ketones is 1. The van der Waals surface area contributed by atoms with Gasteiger partial charge in [-0.05, 0) is 12.8 Å². The van der Waals surface area contributed by atoms with E-state index < -0.39 is 12.7 Å². The minimum absolute atomic E-state index is 0.297. The standard InChI is InChI=1S/C9H12F3NO2/c10-9(11,12)6-13-4-8(14)7-2-1-3-15-5-7/h5,13H,1-4,6H2. The van der Waals surface area contributed by atoms with E-state index in [1.807, 2.05) is 0 Å². The number of carbonyl (C=O) groups is 1. The Morgan fingerprint density at radius 1 is 1.53 bits per heavy atom. The van der Waals surface area contributed by atoms with Crippen LogP contribution in [0, 0.1) is 0 Å². The van der Waals surface area contributed by atoms with E-state index in [1.165, 1.54) is 6.26 Å². The Labute approximate surface area is 85.3 Å². The van der Waals surface area contributed by atoms with Gasteiger partial charge in [-0.2, -0.15) is 13.2 Å². The number of nitrogens with one attached hydrogen (secondary N) is 1. The maximum atomic E-state index is 11.7. The highest BCUT2D eigenvalue weighted by Gasteiger charge is 2.26. The first kappa shape index (κ1) is 12.0. The number of carbonyl (C=O) groups excluding carboxylic acids is 1. The number of rotatable bonds is 4. The predicted octanol–water partition coefficient (Wildman–Crippen LogP) is 1.40. The third kappa shape index (κ3) is 4.83. The smallest absolute Gasteiger partial charge is 0.401 e. The molecule has 3 nitrogen and oxygen atoms in total. The molecule has 0 fully saturated rings. The van der Waals surface area contributed by atoms with Crippen LogP contribution in [0.1, 0.15) is 12.8 Å². The number of hydrogen-bond donors (Lipinski definition) is 1. The van der Waals surface area contributed by atoms with Crippen LogP contribution >= 0.6 is 0 Å². The number of hydrogen-bond acceptors (Lipinski definition) is 3. The SMILES string of the molecule is O=C(CNCC(F)(F)F)C1=COCCC1. The lowest BCUT2D eigenvalue weighted by atomic mass is 10.1. The van der Waals surface area contributed by atoms with Gasteiger partial charge in [-0.15, -0.1) is 0 Å². The van der Waals surface area contributed by atoms with E-state index in [1.54, 1.807) is 0 Å². The molecule has 1 aliphatic heterocycles. The van der Waals surface area contributed by atoms with Crippen molar-refractivity contribution in [3.63, 3.8) is 0 Å². The monoisotopic (exact) mass is 223 g/mol. The van der Waals surface area contributed by atoms with Crippen LogP contribution in [0.25, 0.3) is 0 Å². The molecule has 0 aromatic heterocycles. The van der Waals surface area contributed by atoms with Gasteiger partial charge in [0, 0.05) is 5.57 Å². The molecule has 6 heteroatoms. The molecule has 1 heterocycles. The normalized spacial score (nSPS) is 16.9. The number of alkyl halides is 3. The van der Waals surface area contributed by atoms with Crippen LogP contribution in [0.4, 0.5) is 13.2 Å². The molecule has 0 unspecified atom stereocenters. The minimum atomic E-state index is -4.28. The second kappa shape index (κ2) is 5.16. The van der Waals surface area contributed by atoms with E-state index in [4.69, 9.17) is 4.74 Å². The van der Waals surface area contributed by atoms with Gasteiger partial charge in [0.1, 0.15) is 0 Å². The summed E-state index contributed by atoms with van der Waals surface area (Å²) in [5, 5.41) is 2.05. The summed E-state index contributed by atoms with van der Waals surface area (Å²) in [5.41, 5.74) is 0.455. The molecule has 0 aromatic carbocycles. The molecule has 0 saturated heterocycles. The van der Waals surface area contributed by atoms with Crippen LogP contribution in [-0.2, 0) is 9.53 Å². The molecule has 1 rings (SSSR count). The Balaban J connectivity index is 2.27. The Morgan fingerprint density at radius 2 is 2.27 bits per heavy atom. The fourth-order valence-corrected chi connectivity index (χ4v) is 1.20. The molecule has 0 amide bonds. The van der Waals surface area contributed by atoms with Crippen LogP contribution in [-0.4, -0.2) is 31.7 Å². The fraction of sp³-hybridized carbons (Fsp3) is 0.667. The van der Waals surface area contributed by atoms with Gasteiger partial charge in [-0.1, -0.05) is 0 Å². The van der Waals surface area contributed by atoms with Crippen molar-refractivity contribution in [3.05, 3.63) is 11.8 Å². The van der Waals surface area contributed by atoms with Crippen LogP contribution in [0.15, 0.2) is 11.8 Å². The van der Waals surface area contributed by atoms with Gasteiger partial charge < -0.3 is 10.1 Å². The minimum Gasteiger partial charge on any atom is -0.501 e. The molecule has 0 spiro atoms. The van der Waals surface area contributed by atoms with Crippen molar-refractivity contribution in [2.45, 2.75) is 19.0 Å². The molecule has 1 N–H and O–H groups in total. The lowest BCUT2D eigenvalue weighted by Gasteiger charge is -2.13. The predicted molar refractivity (Wildman–Crippen MR) is 47.2 cm³/mol. The number of Topliss-reactive ketones (excluding diaryl/α,β-unsaturated/α-hetero) is 1. The zero-order valence-corrected chi connectivity index (χ0v) is 8.06. The second-order valence-corrected chi connectivity index (χ2v) is 3.26. The third-order valence-corrected chi connectivity index (χ3v) is 1.90. The molecule has 0 radical (unpaired) electrons. The molecule has 0 aliphatic carbocycles. The highest BCUT2D eigenvalue weighted by molar-refractivity contribution is 5.96. The Morgan fingerprint density at radius 3 is 2.80 bits per heavy atom. The zero-order valence-electron chi connectivity index (χ0n) is 8.06. The maximum Gasteiger partial charge on any atom is 0.401 e. The van der Waals surface area contributed by atoms with E-state index in [9.17, 15) is 18.0 Å². The van der Waals surface area contributed by atoms with E-state index in [0.29, 0.717) is 18.6 Å². The van der Waals surface area contributed by atoms with Gasteiger partial charge in [0.15, 0.2) is 5.78 Å². The first-order valence-electron chi connectivity index (χ1n) is 4.60. The number of ether oxygens (including phenoxy) is 1. The summed E-state index contributed by atoms with van der Waals surface area (Å²) in [5.74, 6) is -0.334. The number of halogens is 3. The third-order valence-electron chi connectivity index (χ3n) is 1.90. The molecule has 15 heavy (non-hydrogen) atoms. The Hall–Kier alpha value is -1.04. The fourth-order valence-electron chi connectivity index (χ4n) is 1.20. The summed E-state index contributed by atoms with van der Waals surface area (Å²) in [4.78, 5) is 11.3. The topological polar surface area (TPSA) is 38.3 Å². The summed E-state index contributed by atoms with van der Waals surface area (Å²) in [6, 6.07) is 0. The second-order valence-electron chi connectivity index (χ2n) is 3.26. The summed E-state index contributed by atoms with van der Waals surface area (Å²) < 4.78 is 40.1. The van der Waals surface area contributed by atoms with Crippen LogP contribution < -0.4 is 5.32 Å². The molecule has 0 aromatic rings. The molecular weight excluding hydrogens is 211 g/mol. The first-order valence-corrected chi connectivity index (χ1v) is 4.60.